The van der Waals surface area contributed by atoms with Crippen molar-refractivity contribution in [3.05, 3.63) is 34.9 Å². The minimum atomic E-state index is -0.461. The summed E-state index contributed by atoms with van der Waals surface area (Å²) in [5.74, 6) is 0. The number of amides is 1. The van der Waals surface area contributed by atoms with Gasteiger partial charge in [0.15, 0.2) is 0 Å². The molecule has 1 aromatic carbocycles. The highest BCUT2D eigenvalue weighted by Crippen LogP contribution is 2.34. The van der Waals surface area contributed by atoms with E-state index in [0.29, 0.717) is 13.1 Å². The van der Waals surface area contributed by atoms with Gasteiger partial charge in [0.2, 0.25) is 0 Å². The van der Waals surface area contributed by atoms with Gasteiger partial charge in [0.1, 0.15) is 5.60 Å². The smallest absolute Gasteiger partial charge is 0.410 e. The van der Waals surface area contributed by atoms with E-state index in [0.717, 1.165) is 24.8 Å². The lowest BCUT2D eigenvalue weighted by Crippen LogP contribution is -2.43. The van der Waals surface area contributed by atoms with Crippen LogP contribution in [-0.2, 0) is 17.7 Å². The van der Waals surface area contributed by atoms with Crippen LogP contribution in [0.25, 0.3) is 0 Å². The number of hydrogen-bond acceptors (Lipinski definition) is 3. The molecule has 2 rings (SSSR count). The molecule has 1 amide bonds. The van der Waals surface area contributed by atoms with Crippen LogP contribution in [0.2, 0.25) is 0 Å². The van der Waals surface area contributed by atoms with Crippen LogP contribution in [0.15, 0.2) is 18.2 Å². The number of nitrogens with two attached hydrogens (primary N) is 1. The Balaban J connectivity index is 2.28. The first-order chi connectivity index (χ1) is 10.4. The van der Waals surface area contributed by atoms with Crippen molar-refractivity contribution in [2.75, 3.05) is 6.54 Å². The van der Waals surface area contributed by atoms with E-state index in [1.807, 2.05) is 25.7 Å². The van der Waals surface area contributed by atoms with Crippen LogP contribution in [0, 0.1) is 0 Å². The normalized spacial score (nSPS) is 18.0. The van der Waals surface area contributed by atoms with E-state index in [2.05, 4.69) is 25.1 Å². The van der Waals surface area contributed by atoms with Crippen molar-refractivity contribution in [2.24, 2.45) is 5.73 Å². The second-order valence-electron chi connectivity index (χ2n) is 6.97. The SMILES string of the molecule is CCCC1c2ccc(CN)cc2CCN1C(=O)OC(C)(C)C. The average molecular weight is 304 g/mol. The molecule has 0 spiro atoms. The topological polar surface area (TPSA) is 55.6 Å². The number of benzene rings is 1. The van der Waals surface area contributed by atoms with Crippen LogP contribution in [-0.4, -0.2) is 23.1 Å². The zero-order chi connectivity index (χ0) is 16.3. The highest BCUT2D eigenvalue weighted by Gasteiger charge is 2.33. The Bertz CT molecular complexity index is 534. The van der Waals surface area contributed by atoms with Crippen molar-refractivity contribution in [3.8, 4) is 0 Å². The minimum Gasteiger partial charge on any atom is -0.444 e. The Morgan fingerprint density at radius 2 is 2.14 bits per heavy atom. The van der Waals surface area contributed by atoms with Gasteiger partial charge in [-0.05, 0) is 50.3 Å². The summed E-state index contributed by atoms with van der Waals surface area (Å²) in [5, 5.41) is 0. The molecule has 1 aromatic rings. The lowest BCUT2D eigenvalue weighted by molar-refractivity contribution is 0.0131. The number of carbonyl (C=O) groups excluding carboxylic acids is 1. The summed E-state index contributed by atoms with van der Waals surface area (Å²) in [6.07, 6.45) is 2.64. The van der Waals surface area contributed by atoms with Crippen LogP contribution in [0.1, 0.15) is 63.3 Å². The van der Waals surface area contributed by atoms with Crippen LogP contribution in [0.5, 0.6) is 0 Å². The van der Waals surface area contributed by atoms with E-state index in [9.17, 15) is 4.79 Å². The van der Waals surface area contributed by atoms with Crippen LogP contribution < -0.4 is 5.73 Å². The molecule has 4 nitrogen and oxygen atoms in total. The molecule has 0 radical (unpaired) electrons. The van der Waals surface area contributed by atoms with Gasteiger partial charge in [0.05, 0.1) is 6.04 Å². The molecule has 0 fully saturated rings. The van der Waals surface area contributed by atoms with Gasteiger partial charge in [-0.2, -0.15) is 0 Å². The minimum absolute atomic E-state index is 0.107. The quantitative estimate of drug-likeness (QED) is 0.924. The lowest BCUT2D eigenvalue weighted by atomic mass is 9.89. The van der Waals surface area contributed by atoms with Gasteiger partial charge < -0.3 is 15.4 Å². The van der Waals surface area contributed by atoms with Crippen molar-refractivity contribution >= 4 is 6.09 Å². The maximum atomic E-state index is 12.5. The van der Waals surface area contributed by atoms with E-state index < -0.39 is 5.60 Å². The van der Waals surface area contributed by atoms with E-state index >= 15 is 0 Å². The van der Waals surface area contributed by atoms with E-state index in [1.54, 1.807) is 0 Å². The van der Waals surface area contributed by atoms with Crippen molar-refractivity contribution in [2.45, 2.75) is 65.1 Å². The van der Waals surface area contributed by atoms with E-state index in [1.165, 1.54) is 11.1 Å². The fourth-order valence-electron chi connectivity index (χ4n) is 3.02. The first-order valence-corrected chi connectivity index (χ1v) is 8.17. The highest BCUT2D eigenvalue weighted by molar-refractivity contribution is 5.69. The summed E-state index contributed by atoms with van der Waals surface area (Å²) < 4.78 is 5.58. The molecule has 0 aromatic heterocycles. The maximum absolute atomic E-state index is 12.5. The summed E-state index contributed by atoms with van der Waals surface area (Å²) in [5.41, 5.74) is 9.00. The third kappa shape index (κ3) is 3.80. The molecule has 1 heterocycles. The largest absolute Gasteiger partial charge is 0.444 e. The first kappa shape index (κ1) is 16.8. The number of carbonyl (C=O) groups is 1. The molecule has 1 aliphatic heterocycles. The van der Waals surface area contributed by atoms with Crippen molar-refractivity contribution in [3.63, 3.8) is 0 Å². The van der Waals surface area contributed by atoms with Crippen LogP contribution in [0.3, 0.4) is 0 Å². The Kier molecular flexibility index (Phi) is 5.12. The predicted molar refractivity (Wildman–Crippen MR) is 88.6 cm³/mol. The molecule has 0 saturated heterocycles. The fourth-order valence-corrected chi connectivity index (χ4v) is 3.02. The Labute approximate surface area is 133 Å². The van der Waals surface area contributed by atoms with Gasteiger partial charge >= 0.3 is 6.09 Å². The predicted octanol–water partition coefficient (Wildman–Crippen LogP) is 3.78. The molecular formula is C18H28N2O2. The number of hydrogen-bond donors (Lipinski definition) is 1. The van der Waals surface area contributed by atoms with Crippen LogP contribution >= 0.6 is 0 Å². The van der Waals surface area contributed by atoms with Crippen molar-refractivity contribution in [1.82, 2.24) is 4.90 Å². The van der Waals surface area contributed by atoms with Crippen molar-refractivity contribution in [1.29, 1.82) is 0 Å². The molecule has 22 heavy (non-hydrogen) atoms. The summed E-state index contributed by atoms with van der Waals surface area (Å²) >= 11 is 0. The first-order valence-electron chi connectivity index (χ1n) is 8.17. The number of ether oxygens (including phenoxy) is 1. The molecule has 122 valence electrons. The van der Waals surface area contributed by atoms with Gasteiger partial charge in [-0.15, -0.1) is 0 Å². The zero-order valence-electron chi connectivity index (χ0n) is 14.2. The van der Waals surface area contributed by atoms with Gasteiger partial charge in [-0.3, -0.25) is 0 Å². The summed E-state index contributed by atoms with van der Waals surface area (Å²) in [7, 11) is 0. The molecule has 2 N–H and O–H groups in total. The second-order valence-corrected chi connectivity index (χ2v) is 6.97. The number of fused-ring (bicyclic) bond motifs is 1. The van der Waals surface area contributed by atoms with Gasteiger partial charge in [0, 0.05) is 13.1 Å². The zero-order valence-corrected chi connectivity index (χ0v) is 14.2. The summed E-state index contributed by atoms with van der Waals surface area (Å²) in [6, 6.07) is 6.49. The number of rotatable bonds is 3. The fraction of sp³-hybridized carbons (Fsp3) is 0.611. The highest BCUT2D eigenvalue weighted by atomic mass is 16.6. The van der Waals surface area contributed by atoms with Gasteiger partial charge in [-0.25, -0.2) is 4.79 Å². The molecule has 0 aliphatic carbocycles. The standard InChI is InChI=1S/C18H28N2O2/c1-5-6-16-15-8-7-13(12-19)11-14(15)9-10-20(16)17(21)22-18(2,3)4/h7-8,11,16H,5-6,9-10,12,19H2,1-4H3. The number of nitrogens with zero attached hydrogens (tertiary/aromatic N) is 1. The molecule has 0 saturated carbocycles. The Morgan fingerprint density at radius 1 is 1.41 bits per heavy atom. The maximum Gasteiger partial charge on any atom is 0.410 e. The van der Waals surface area contributed by atoms with Crippen LogP contribution in [0.4, 0.5) is 4.79 Å². The molecule has 1 unspecified atom stereocenters. The second kappa shape index (κ2) is 6.69. The Morgan fingerprint density at radius 3 is 2.73 bits per heavy atom. The molecule has 1 atom stereocenters. The third-order valence-corrected chi connectivity index (χ3v) is 3.99. The van der Waals surface area contributed by atoms with E-state index in [4.69, 9.17) is 10.5 Å². The molecule has 1 aliphatic rings. The van der Waals surface area contributed by atoms with Gasteiger partial charge in [-0.1, -0.05) is 31.5 Å². The molecule has 0 bridgehead atoms. The van der Waals surface area contributed by atoms with Crippen molar-refractivity contribution < 1.29 is 9.53 Å². The summed E-state index contributed by atoms with van der Waals surface area (Å²) in [4.78, 5) is 14.4. The molecule has 4 heteroatoms. The Hall–Kier alpha value is -1.55. The summed E-state index contributed by atoms with van der Waals surface area (Å²) in [6.45, 7) is 9.14. The van der Waals surface area contributed by atoms with E-state index in [-0.39, 0.29) is 12.1 Å². The average Bonchev–Trinajstić information content (AvgIpc) is 2.45. The molecular weight excluding hydrogens is 276 g/mol. The third-order valence-electron chi connectivity index (χ3n) is 3.99. The van der Waals surface area contributed by atoms with Gasteiger partial charge in [0.25, 0.3) is 0 Å². The lowest BCUT2D eigenvalue weighted by Gasteiger charge is -2.38. The monoisotopic (exact) mass is 304 g/mol.